The van der Waals surface area contributed by atoms with E-state index in [1.165, 1.54) is 0 Å². The third-order valence-electron chi connectivity index (χ3n) is 6.58. The maximum Gasteiger partial charge on any atom is 0.490 e. The summed E-state index contributed by atoms with van der Waals surface area (Å²) in [6.07, 6.45) is 4.36. The number of methoxy groups -OCH3 is 2. The molecule has 218 valence electrons. The molecule has 40 heavy (non-hydrogen) atoms. The number of carboxylic acid groups (broad SMARTS) is 1. The molecule has 0 bridgehead atoms. The van der Waals surface area contributed by atoms with Gasteiger partial charge in [0.1, 0.15) is 0 Å². The summed E-state index contributed by atoms with van der Waals surface area (Å²) in [6.45, 7) is 5.46. The molecule has 0 saturated carbocycles. The third-order valence-corrected chi connectivity index (χ3v) is 6.58. The van der Waals surface area contributed by atoms with Gasteiger partial charge >= 0.3 is 12.1 Å². The molecular weight excluding hydrogens is 531 g/mol. The molecule has 1 fully saturated rings. The summed E-state index contributed by atoms with van der Waals surface area (Å²) in [5.41, 5.74) is 1.82. The number of carbonyl (C=O) groups is 1. The molecule has 0 amide bonds. The van der Waals surface area contributed by atoms with E-state index in [-0.39, 0.29) is 5.56 Å². The van der Waals surface area contributed by atoms with Crippen LogP contribution in [0.2, 0.25) is 0 Å². The Hall–Kier alpha value is -3.80. The van der Waals surface area contributed by atoms with Gasteiger partial charge in [0.25, 0.3) is 5.56 Å². The van der Waals surface area contributed by atoms with Gasteiger partial charge in [-0.1, -0.05) is 13.3 Å². The standard InChI is InChI=1S/C26H33N3O4.C2HF3O2/c1-4-5-12-29-16-22(20-8-11-28-15-21(20)26(29)30)19-13-23(31-2)25(24(14-19)32-3)33-17-18-6-9-27-10-7-18;3-2(4,5)1(6)7/h8,11,13-16,18,27H,4-7,9-10,12,17H2,1-3H3;(H,6,7). The van der Waals surface area contributed by atoms with E-state index in [2.05, 4.69) is 17.2 Å². The molecule has 9 nitrogen and oxygen atoms in total. The van der Waals surface area contributed by atoms with Gasteiger partial charge in [0, 0.05) is 30.7 Å². The van der Waals surface area contributed by atoms with Crippen molar-refractivity contribution in [3.05, 3.63) is 47.1 Å². The van der Waals surface area contributed by atoms with Gasteiger partial charge in [-0.25, -0.2) is 4.79 Å². The van der Waals surface area contributed by atoms with Crippen molar-refractivity contribution < 1.29 is 37.3 Å². The van der Waals surface area contributed by atoms with Crippen LogP contribution in [0.1, 0.15) is 32.6 Å². The van der Waals surface area contributed by atoms with E-state index in [9.17, 15) is 18.0 Å². The molecule has 3 aromatic rings. The summed E-state index contributed by atoms with van der Waals surface area (Å²) in [5.74, 6) is -0.391. The molecule has 0 atom stereocenters. The van der Waals surface area contributed by atoms with Gasteiger partial charge in [-0.3, -0.25) is 9.78 Å². The Kier molecular flexibility index (Phi) is 10.8. The Morgan fingerprint density at radius 1 is 1.15 bits per heavy atom. The molecule has 0 spiro atoms. The summed E-state index contributed by atoms with van der Waals surface area (Å²) in [6, 6.07) is 5.81. The zero-order chi connectivity index (χ0) is 29.3. The molecule has 1 saturated heterocycles. The normalized spacial score (nSPS) is 13.8. The number of alkyl halides is 3. The molecular formula is C28H34F3N3O6. The van der Waals surface area contributed by atoms with Gasteiger partial charge < -0.3 is 29.2 Å². The largest absolute Gasteiger partial charge is 0.493 e. The van der Waals surface area contributed by atoms with Gasteiger partial charge in [0.15, 0.2) is 11.5 Å². The van der Waals surface area contributed by atoms with Crippen molar-refractivity contribution in [2.24, 2.45) is 5.92 Å². The van der Waals surface area contributed by atoms with Crippen LogP contribution in [-0.2, 0) is 11.3 Å². The number of piperidine rings is 1. The first kappa shape index (κ1) is 30.7. The topological polar surface area (TPSA) is 112 Å². The quantitative estimate of drug-likeness (QED) is 0.377. The number of pyridine rings is 2. The summed E-state index contributed by atoms with van der Waals surface area (Å²) in [4.78, 5) is 26.1. The molecule has 2 aromatic heterocycles. The molecule has 1 aromatic carbocycles. The van der Waals surface area contributed by atoms with Crippen molar-refractivity contribution in [2.45, 2.75) is 45.3 Å². The number of fused-ring (bicyclic) bond motifs is 1. The number of aryl methyl sites for hydroxylation is 1. The number of hydrogen-bond acceptors (Lipinski definition) is 7. The second-order valence-corrected chi connectivity index (χ2v) is 9.33. The molecule has 0 aliphatic carbocycles. The Labute approximate surface area is 229 Å². The molecule has 2 N–H and O–H groups in total. The number of aliphatic carboxylic acids is 1. The zero-order valence-electron chi connectivity index (χ0n) is 22.7. The van der Waals surface area contributed by atoms with Crippen molar-refractivity contribution in [1.82, 2.24) is 14.9 Å². The van der Waals surface area contributed by atoms with Crippen LogP contribution in [0.5, 0.6) is 17.2 Å². The van der Waals surface area contributed by atoms with E-state index in [0.717, 1.165) is 55.3 Å². The number of hydrogen-bond donors (Lipinski definition) is 2. The Morgan fingerprint density at radius 3 is 2.33 bits per heavy atom. The van der Waals surface area contributed by atoms with Crippen LogP contribution in [0.4, 0.5) is 13.2 Å². The van der Waals surface area contributed by atoms with Crippen LogP contribution in [-0.4, -0.2) is 60.7 Å². The fourth-order valence-electron chi connectivity index (χ4n) is 4.39. The second-order valence-electron chi connectivity index (χ2n) is 9.33. The number of halogens is 3. The van der Waals surface area contributed by atoms with Gasteiger partial charge in [-0.15, -0.1) is 0 Å². The highest BCUT2D eigenvalue weighted by molar-refractivity contribution is 5.96. The SMILES string of the molecule is CCCCn1cc(-c2cc(OC)c(OCC3CCNCC3)c(OC)c2)c2ccncc2c1=O.O=C(O)C(F)(F)F. The van der Waals surface area contributed by atoms with Crippen molar-refractivity contribution in [1.29, 1.82) is 0 Å². The van der Waals surface area contributed by atoms with Gasteiger partial charge in [0.05, 0.1) is 26.2 Å². The van der Waals surface area contributed by atoms with Crippen LogP contribution in [0.25, 0.3) is 21.9 Å². The molecule has 1 aliphatic heterocycles. The van der Waals surface area contributed by atoms with Crippen molar-refractivity contribution in [3.63, 3.8) is 0 Å². The number of benzene rings is 1. The molecule has 12 heteroatoms. The van der Waals surface area contributed by atoms with E-state index in [1.54, 1.807) is 31.2 Å². The number of carboxylic acids is 1. The minimum atomic E-state index is -5.08. The summed E-state index contributed by atoms with van der Waals surface area (Å²) in [7, 11) is 3.28. The Morgan fingerprint density at radius 2 is 1.77 bits per heavy atom. The van der Waals surface area contributed by atoms with Crippen LogP contribution < -0.4 is 25.1 Å². The predicted octanol–water partition coefficient (Wildman–Crippen LogP) is 4.89. The summed E-state index contributed by atoms with van der Waals surface area (Å²) < 4.78 is 51.2. The lowest BCUT2D eigenvalue weighted by Gasteiger charge is -2.24. The molecule has 0 radical (unpaired) electrons. The van der Waals surface area contributed by atoms with Crippen LogP contribution in [0.15, 0.2) is 41.6 Å². The van der Waals surface area contributed by atoms with Crippen molar-refractivity contribution in [3.8, 4) is 28.4 Å². The molecule has 3 heterocycles. The Balaban J connectivity index is 0.000000559. The van der Waals surface area contributed by atoms with Crippen LogP contribution >= 0.6 is 0 Å². The van der Waals surface area contributed by atoms with E-state index in [0.29, 0.717) is 41.7 Å². The fourth-order valence-corrected chi connectivity index (χ4v) is 4.39. The van der Waals surface area contributed by atoms with E-state index >= 15 is 0 Å². The lowest BCUT2D eigenvalue weighted by molar-refractivity contribution is -0.192. The number of unbranched alkanes of at least 4 members (excludes halogenated alkanes) is 1. The molecule has 1 aliphatic rings. The van der Waals surface area contributed by atoms with Crippen molar-refractivity contribution >= 4 is 16.7 Å². The zero-order valence-corrected chi connectivity index (χ0v) is 22.7. The van der Waals surface area contributed by atoms with Crippen molar-refractivity contribution in [2.75, 3.05) is 33.9 Å². The molecule has 4 rings (SSSR count). The van der Waals surface area contributed by atoms with Gasteiger partial charge in [0.2, 0.25) is 5.75 Å². The first-order valence-electron chi connectivity index (χ1n) is 13.0. The number of ether oxygens (including phenoxy) is 3. The summed E-state index contributed by atoms with van der Waals surface area (Å²) >= 11 is 0. The lowest BCUT2D eigenvalue weighted by atomic mass is 9.99. The molecule has 0 unspecified atom stereocenters. The van der Waals surface area contributed by atoms with Gasteiger partial charge in [-0.2, -0.15) is 13.2 Å². The number of nitrogens with zero attached hydrogens (tertiary/aromatic N) is 2. The maximum atomic E-state index is 13.0. The highest BCUT2D eigenvalue weighted by Gasteiger charge is 2.38. The third kappa shape index (κ3) is 7.65. The average molecular weight is 566 g/mol. The summed E-state index contributed by atoms with van der Waals surface area (Å²) in [5, 5.41) is 12.0. The highest BCUT2D eigenvalue weighted by atomic mass is 19.4. The van der Waals surface area contributed by atoms with E-state index < -0.39 is 12.1 Å². The first-order valence-corrected chi connectivity index (χ1v) is 13.0. The van der Waals surface area contributed by atoms with Gasteiger partial charge in [-0.05, 0) is 67.4 Å². The van der Waals surface area contributed by atoms with E-state index in [1.807, 2.05) is 24.4 Å². The second kappa shape index (κ2) is 14.0. The smallest absolute Gasteiger partial charge is 0.490 e. The number of nitrogens with one attached hydrogen (secondary N) is 1. The predicted molar refractivity (Wildman–Crippen MR) is 144 cm³/mol. The monoisotopic (exact) mass is 565 g/mol. The van der Waals surface area contributed by atoms with E-state index in [4.69, 9.17) is 24.1 Å². The Bertz CT molecular complexity index is 1330. The lowest BCUT2D eigenvalue weighted by Crippen LogP contribution is -2.30. The van der Waals surface area contributed by atoms with Crippen LogP contribution in [0, 0.1) is 5.92 Å². The highest BCUT2D eigenvalue weighted by Crippen LogP contribution is 2.43. The fraction of sp³-hybridized carbons (Fsp3) is 0.464. The number of aromatic nitrogens is 2. The first-order chi connectivity index (χ1) is 19.1. The maximum absolute atomic E-state index is 13.0. The minimum absolute atomic E-state index is 0.0174. The number of rotatable bonds is 9. The van der Waals surface area contributed by atoms with Crippen LogP contribution in [0.3, 0.4) is 0 Å². The minimum Gasteiger partial charge on any atom is -0.493 e. The average Bonchev–Trinajstić information content (AvgIpc) is 2.95.